The van der Waals surface area contributed by atoms with Gasteiger partial charge in [0.05, 0.1) is 6.42 Å². The zero-order valence-corrected chi connectivity index (χ0v) is 12.1. The minimum absolute atomic E-state index is 0.165. The largest absolute Gasteiger partial charge is 0.389 e. The maximum absolute atomic E-state index is 13.4. The highest BCUT2D eigenvalue weighted by atomic mass is 32.1. The summed E-state index contributed by atoms with van der Waals surface area (Å²) in [6, 6.07) is 13.5. The van der Waals surface area contributed by atoms with Crippen LogP contribution in [0.2, 0.25) is 0 Å². The van der Waals surface area contributed by atoms with E-state index in [2.05, 4.69) is 5.32 Å². The molecule has 0 aliphatic rings. The molecule has 2 rings (SSSR count). The Morgan fingerprint density at radius 3 is 2.43 bits per heavy atom. The fourth-order valence-corrected chi connectivity index (χ4v) is 2.01. The van der Waals surface area contributed by atoms with Crippen molar-refractivity contribution in [2.24, 2.45) is 5.73 Å². The molecule has 108 valence electrons. The van der Waals surface area contributed by atoms with Crippen LogP contribution < -0.4 is 11.1 Å². The molecule has 0 unspecified atom stereocenters. The third kappa shape index (κ3) is 4.36. The normalized spacial score (nSPS) is 10.1. The Balaban J connectivity index is 1.90. The van der Waals surface area contributed by atoms with Gasteiger partial charge >= 0.3 is 0 Å². The van der Waals surface area contributed by atoms with Crippen LogP contribution in [0.25, 0.3) is 0 Å². The summed E-state index contributed by atoms with van der Waals surface area (Å²) in [4.78, 5) is 12.2. The molecule has 0 spiro atoms. The lowest BCUT2D eigenvalue weighted by Crippen LogP contribution is -2.25. The molecule has 1 amide bonds. The number of nitrogens with one attached hydrogen (secondary N) is 1. The molecule has 0 radical (unpaired) electrons. The van der Waals surface area contributed by atoms with Crippen LogP contribution in [-0.2, 0) is 17.8 Å². The summed E-state index contributed by atoms with van der Waals surface area (Å²) >= 11 is 4.86. The number of carbonyl (C=O) groups excluding carboxylic acids is 1. The van der Waals surface area contributed by atoms with Crippen molar-refractivity contribution in [1.29, 1.82) is 0 Å². The molecule has 0 saturated heterocycles. The second-order valence-electron chi connectivity index (χ2n) is 4.61. The Hall–Kier alpha value is -2.27. The summed E-state index contributed by atoms with van der Waals surface area (Å²) in [5, 5.41) is 2.70. The Bertz CT molecular complexity index is 656. The molecule has 0 saturated carbocycles. The van der Waals surface area contributed by atoms with Gasteiger partial charge in [-0.25, -0.2) is 4.39 Å². The Labute approximate surface area is 128 Å². The minimum Gasteiger partial charge on any atom is -0.389 e. The Morgan fingerprint density at radius 2 is 1.81 bits per heavy atom. The van der Waals surface area contributed by atoms with Gasteiger partial charge in [-0.1, -0.05) is 54.7 Å². The van der Waals surface area contributed by atoms with Crippen LogP contribution in [-0.4, -0.2) is 10.9 Å². The first-order valence-corrected chi connectivity index (χ1v) is 6.86. The van der Waals surface area contributed by atoms with Crippen molar-refractivity contribution in [3.8, 4) is 0 Å². The van der Waals surface area contributed by atoms with Crippen molar-refractivity contribution in [1.82, 2.24) is 5.32 Å². The van der Waals surface area contributed by atoms with E-state index in [4.69, 9.17) is 18.0 Å². The molecule has 3 nitrogen and oxygen atoms in total. The molecule has 0 heterocycles. The topological polar surface area (TPSA) is 55.1 Å². The monoisotopic (exact) mass is 302 g/mol. The summed E-state index contributed by atoms with van der Waals surface area (Å²) in [5.74, 6) is -0.486. The van der Waals surface area contributed by atoms with Gasteiger partial charge in [0.15, 0.2) is 0 Å². The molecule has 5 heteroatoms. The van der Waals surface area contributed by atoms with E-state index in [1.54, 1.807) is 42.5 Å². The van der Waals surface area contributed by atoms with Crippen molar-refractivity contribution in [3.63, 3.8) is 0 Å². The molecule has 0 atom stereocenters. The predicted octanol–water partition coefficient (Wildman–Crippen LogP) is 2.32. The maximum atomic E-state index is 13.4. The molecule has 0 aromatic heterocycles. The number of nitrogens with two attached hydrogens (primary N) is 1. The molecular weight excluding hydrogens is 287 g/mol. The van der Waals surface area contributed by atoms with Crippen LogP contribution in [0, 0.1) is 5.82 Å². The third-order valence-corrected chi connectivity index (χ3v) is 3.27. The molecule has 0 fully saturated rings. The first kappa shape index (κ1) is 15.1. The van der Waals surface area contributed by atoms with E-state index in [9.17, 15) is 9.18 Å². The molecule has 0 aliphatic heterocycles. The number of halogens is 1. The first-order chi connectivity index (χ1) is 10.1. The van der Waals surface area contributed by atoms with Crippen LogP contribution in [0.1, 0.15) is 16.7 Å². The maximum Gasteiger partial charge on any atom is 0.224 e. The fourth-order valence-electron chi connectivity index (χ4n) is 1.87. The van der Waals surface area contributed by atoms with Crippen LogP contribution in [0.3, 0.4) is 0 Å². The summed E-state index contributed by atoms with van der Waals surface area (Å²) in [7, 11) is 0. The van der Waals surface area contributed by atoms with E-state index < -0.39 is 0 Å². The van der Waals surface area contributed by atoms with E-state index in [1.165, 1.54) is 6.07 Å². The smallest absolute Gasteiger partial charge is 0.224 e. The van der Waals surface area contributed by atoms with Crippen LogP contribution in [0.5, 0.6) is 0 Å². The summed E-state index contributed by atoms with van der Waals surface area (Å²) in [6.07, 6.45) is 0.228. The van der Waals surface area contributed by atoms with Gasteiger partial charge in [-0.15, -0.1) is 0 Å². The minimum atomic E-state index is -0.321. The van der Waals surface area contributed by atoms with Crippen molar-refractivity contribution in [2.45, 2.75) is 13.0 Å². The molecule has 0 aliphatic carbocycles. The Morgan fingerprint density at radius 1 is 1.14 bits per heavy atom. The van der Waals surface area contributed by atoms with Gasteiger partial charge in [0, 0.05) is 17.7 Å². The predicted molar refractivity (Wildman–Crippen MR) is 84.3 cm³/mol. The average Bonchev–Trinajstić information content (AvgIpc) is 2.47. The second kappa shape index (κ2) is 6.95. The zero-order valence-electron chi connectivity index (χ0n) is 11.3. The second-order valence-corrected chi connectivity index (χ2v) is 5.05. The van der Waals surface area contributed by atoms with Gasteiger partial charge < -0.3 is 11.1 Å². The molecule has 3 N–H and O–H groups in total. The summed E-state index contributed by atoms with van der Waals surface area (Å²) < 4.78 is 13.4. The van der Waals surface area contributed by atoms with Crippen molar-refractivity contribution in [3.05, 3.63) is 71.0 Å². The van der Waals surface area contributed by atoms with E-state index in [1.807, 2.05) is 0 Å². The lowest BCUT2D eigenvalue weighted by Gasteiger charge is -2.07. The molecule has 0 bridgehead atoms. The fraction of sp³-hybridized carbons (Fsp3) is 0.125. The summed E-state index contributed by atoms with van der Waals surface area (Å²) in [6.45, 7) is 0.177. The molecular formula is C16H15FN2OS. The number of hydrogen-bond donors (Lipinski definition) is 2. The summed E-state index contributed by atoms with van der Waals surface area (Å²) in [5.41, 5.74) is 7.59. The van der Waals surface area contributed by atoms with Crippen LogP contribution in [0.15, 0.2) is 48.5 Å². The number of benzene rings is 2. The van der Waals surface area contributed by atoms with E-state index >= 15 is 0 Å². The Kier molecular flexibility index (Phi) is 5.00. The number of rotatable bonds is 5. The quantitative estimate of drug-likeness (QED) is 0.833. The van der Waals surface area contributed by atoms with Gasteiger partial charge in [-0.2, -0.15) is 0 Å². The van der Waals surface area contributed by atoms with Crippen LogP contribution >= 0.6 is 12.2 Å². The van der Waals surface area contributed by atoms with Crippen molar-refractivity contribution in [2.75, 3.05) is 0 Å². The van der Waals surface area contributed by atoms with E-state index in [0.717, 1.165) is 11.1 Å². The highest BCUT2D eigenvalue weighted by molar-refractivity contribution is 7.80. The number of hydrogen-bond acceptors (Lipinski definition) is 2. The van der Waals surface area contributed by atoms with E-state index in [0.29, 0.717) is 10.6 Å². The standard InChI is InChI=1S/C16H15FN2OS/c17-14-4-2-1-3-13(14)10-19-15(20)9-11-5-7-12(8-6-11)16(18)21/h1-8H,9-10H2,(H2,18,21)(H,19,20). The lowest BCUT2D eigenvalue weighted by atomic mass is 10.1. The van der Waals surface area contributed by atoms with Gasteiger partial charge in [0.25, 0.3) is 0 Å². The van der Waals surface area contributed by atoms with Gasteiger partial charge in [-0.05, 0) is 11.6 Å². The SMILES string of the molecule is NC(=S)c1ccc(CC(=O)NCc2ccccc2F)cc1. The number of carbonyl (C=O) groups is 1. The van der Waals surface area contributed by atoms with Crippen LogP contribution in [0.4, 0.5) is 4.39 Å². The van der Waals surface area contributed by atoms with Gasteiger partial charge in [-0.3, -0.25) is 4.79 Å². The number of amides is 1. The first-order valence-electron chi connectivity index (χ1n) is 6.45. The highest BCUT2D eigenvalue weighted by Crippen LogP contribution is 2.07. The zero-order chi connectivity index (χ0) is 15.2. The van der Waals surface area contributed by atoms with Gasteiger partial charge in [0.2, 0.25) is 5.91 Å². The van der Waals surface area contributed by atoms with E-state index in [-0.39, 0.29) is 24.7 Å². The molecule has 21 heavy (non-hydrogen) atoms. The van der Waals surface area contributed by atoms with Crippen molar-refractivity contribution < 1.29 is 9.18 Å². The van der Waals surface area contributed by atoms with Gasteiger partial charge in [0.1, 0.15) is 10.8 Å². The number of thiocarbonyl (C=S) groups is 1. The molecule has 2 aromatic rings. The van der Waals surface area contributed by atoms with Crippen molar-refractivity contribution >= 4 is 23.1 Å². The molecule has 2 aromatic carbocycles. The average molecular weight is 302 g/mol. The highest BCUT2D eigenvalue weighted by Gasteiger charge is 2.06. The lowest BCUT2D eigenvalue weighted by molar-refractivity contribution is -0.120. The third-order valence-electron chi connectivity index (χ3n) is 3.04.